The van der Waals surface area contributed by atoms with E-state index in [4.69, 9.17) is 22.1 Å². The first-order valence-electron chi connectivity index (χ1n) is 5.62. The molecule has 0 bridgehead atoms. The van der Waals surface area contributed by atoms with E-state index >= 15 is 0 Å². The summed E-state index contributed by atoms with van der Waals surface area (Å²) in [4.78, 5) is 0. The Bertz CT molecular complexity index is 317. The van der Waals surface area contributed by atoms with Gasteiger partial charge < -0.3 is 10.5 Å². The Morgan fingerprint density at radius 2 is 2.19 bits per heavy atom. The SMILES string of the molecule is COCCC(C)C(N)Cc1cccc(Cl)c1. The summed E-state index contributed by atoms with van der Waals surface area (Å²) in [5, 5.41) is 0.772. The second-order valence-corrected chi connectivity index (χ2v) is 4.69. The maximum Gasteiger partial charge on any atom is 0.0465 e. The molecule has 0 saturated carbocycles. The van der Waals surface area contributed by atoms with Crippen molar-refractivity contribution in [2.75, 3.05) is 13.7 Å². The third-order valence-electron chi connectivity index (χ3n) is 2.87. The lowest BCUT2D eigenvalue weighted by Gasteiger charge is -2.19. The molecule has 0 aliphatic heterocycles. The van der Waals surface area contributed by atoms with E-state index in [1.54, 1.807) is 7.11 Å². The molecule has 0 aromatic heterocycles. The molecular weight excluding hydrogens is 222 g/mol. The molecule has 1 aromatic carbocycles. The molecule has 0 heterocycles. The average molecular weight is 242 g/mol. The summed E-state index contributed by atoms with van der Waals surface area (Å²) < 4.78 is 5.06. The summed E-state index contributed by atoms with van der Waals surface area (Å²) in [7, 11) is 1.72. The zero-order valence-electron chi connectivity index (χ0n) is 9.95. The maximum atomic E-state index is 6.14. The monoisotopic (exact) mass is 241 g/mol. The van der Waals surface area contributed by atoms with Crippen LogP contribution in [0.3, 0.4) is 0 Å². The topological polar surface area (TPSA) is 35.2 Å². The van der Waals surface area contributed by atoms with E-state index in [9.17, 15) is 0 Å². The molecule has 1 rings (SSSR count). The predicted molar refractivity (Wildman–Crippen MR) is 68.8 cm³/mol. The molecule has 0 radical (unpaired) electrons. The van der Waals surface area contributed by atoms with Gasteiger partial charge in [0.1, 0.15) is 0 Å². The van der Waals surface area contributed by atoms with Crippen LogP contribution in [0.1, 0.15) is 18.9 Å². The minimum Gasteiger partial charge on any atom is -0.385 e. The summed E-state index contributed by atoms with van der Waals surface area (Å²) in [5.41, 5.74) is 7.34. The molecule has 2 N–H and O–H groups in total. The first-order valence-corrected chi connectivity index (χ1v) is 6.00. The van der Waals surface area contributed by atoms with Crippen molar-refractivity contribution in [3.8, 4) is 0 Å². The average Bonchev–Trinajstić information content (AvgIpc) is 2.25. The molecule has 0 saturated heterocycles. The summed E-state index contributed by atoms with van der Waals surface area (Å²) in [6, 6.07) is 8.04. The quantitative estimate of drug-likeness (QED) is 0.831. The third kappa shape index (κ3) is 4.52. The van der Waals surface area contributed by atoms with Crippen molar-refractivity contribution < 1.29 is 4.74 Å². The van der Waals surface area contributed by atoms with Crippen LogP contribution < -0.4 is 5.73 Å². The molecule has 90 valence electrons. The van der Waals surface area contributed by atoms with Crippen LogP contribution in [0, 0.1) is 5.92 Å². The lowest BCUT2D eigenvalue weighted by atomic mass is 9.93. The lowest BCUT2D eigenvalue weighted by Crippen LogP contribution is -2.31. The van der Waals surface area contributed by atoms with Crippen molar-refractivity contribution >= 4 is 11.6 Å². The molecule has 0 fully saturated rings. The number of hydrogen-bond acceptors (Lipinski definition) is 2. The Labute approximate surface area is 103 Å². The Morgan fingerprint density at radius 1 is 1.44 bits per heavy atom. The lowest BCUT2D eigenvalue weighted by molar-refractivity contribution is 0.174. The van der Waals surface area contributed by atoms with Gasteiger partial charge in [0, 0.05) is 24.8 Å². The summed E-state index contributed by atoms with van der Waals surface area (Å²) in [6.45, 7) is 2.93. The van der Waals surface area contributed by atoms with E-state index < -0.39 is 0 Å². The standard InChI is InChI=1S/C13H20ClNO/c1-10(6-7-16-2)13(15)9-11-4-3-5-12(14)8-11/h3-5,8,10,13H,6-7,9,15H2,1-2H3. The number of methoxy groups -OCH3 is 1. The highest BCUT2D eigenvalue weighted by atomic mass is 35.5. The zero-order valence-corrected chi connectivity index (χ0v) is 10.7. The largest absolute Gasteiger partial charge is 0.385 e. The number of nitrogens with two attached hydrogens (primary N) is 1. The van der Waals surface area contributed by atoms with Crippen LogP contribution in [0.25, 0.3) is 0 Å². The van der Waals surface area contributed by atoms with Crippen LogP contribution in [0.15, 0.2) is 24.3 Å². The van der Waals surface area contributed by atoms with Gasteiger partial charge in [0.15, 0.2) is 0 Å². The van der Waals surface area contributed by atoms with E-state index in [-0.39, 0.29) is 6.04 Å². The molecule has 1 aromatic rings. The highest BCUT2D eigenvalue weighted by molar-refractivity contribution is 6.30. The first kappa shape index (κ1) is 13.5. The van der Waals surface area contributed by atoms with Crippen molar-refractivity contribution in [1.29, 1.82) is 0 Å². The van der Waals surface area contributed by atoms with Gasteiger partial charge in [-0.3, -0.25) is 0 Å². The third-order valence-corrected chi connectivity index (χ3v) is 3.10. The number of hydrogen-bond donors (Lipinski definition) is 1. The van der Waals surface area contributed by atoms with Crippen LogP contribution in [-0.2, 0) is 11.2 Å². The molecule has 2 unspecified atom stereocenters. The van der Waals surface area contributed by atoms with Gasteiger partial charge in [0.25, 0.3) is 0 Å². The normalized spacial score (nSPS) is 14.8. The first-order chi connectivity index (χ1) is 7.63. The van der Waals surface area contributed by atoms with Gasteiger partial charge in [-0.1, -0.05) is 30.7 Å². The van der Waals surface area contributed by atoms with Crippen LogP contribution >= 0.6 is 11.6 Å². The minimum absolute atomic E-state index is 0.161. The zero-order chi connectivity index (χ0) is 12.0. The molecule has 0 spiro atoms. The number of benzene rings is 1. The molecule has 0 amide bonds. The van der Waals surface area contributed by atoms with Gasteiger partial charge in [-0.2, -0.15) is 0 Å². The molecule has 0 aliphatic carbocycles. The second-order valence-electron chi connectivity index (χ2n) is 4.26. The van der Waals surface area contributed by atoms with E-state index in [1.165, 1.54) is 5.56 Å². The van der Waals surface area contributed by atoms with E-state index in [1.807, 2.05) is 18.2 Å². The predicted octanol–water partition coefficient (Wildman–Crippen LogP) is 2.88. The highest BCUT2D eigenvalue weighted by Gasteiger charge is 2.13. The highest BCUT2D eigenvalue weighted by Crippen LogP contribution is 2.15. The molecule has 2 nitrogen and oxygen atoms in total. The number of halogens is 1. The fourth-order valence-electron chi connectivity index (χ4n) is 1.66. The smallest absolute Gasteiger partial charge is 0.0465 e. The van der Waals surface area contributed by atoms with Crippen LogP contribution in [0.2, 0.25) is 5.02 Å². The fraction of sp³-hybridized carbons (Fsp3) is 0.538. The van der Waals surface area contributed by atoms with Crippen LogP contribution in [0.5, 0.6) is 0 Å². The minimum atomic E-state index is 0.161. The van der Waals surface area contributed by atoms with Crippen molar-refractivity contribution in [1.82, 2.24) is 0 Å². The fourth-order valence-corrected chi connectivity index (χ4v) is 1.87. The van der Waals surface area contributed by atoms with Crippen molar-refractivity contribution in [3.63, 3.8) is 0 Å². The molecule has 0 aliphatic rings. The number of ether oxygens (including phenoxy) is 1. The van der Waals surface area contributed by atoms with Gasteiger partial charge in [0.2, 0.25) is 0 Å². The van der Waals surface area contributed by atoms with Gasteiger partial charge in [-0.25, -0.2) is 0 Å². The van der Waals surface area contributed by atoms with Crippen molar-refractivity contribution in [3.05, 3.63) is 34.9 Å². The Hall–Kier alpha value is -0.570. The Balaban J connectivity index is 2.47. The van der Waals surface area contributed by atoms with Gasteiger partial charge in [0.05, 0.1) is 0 Å². The van der Waals surface area contributed by atoms with Crippen LogP contribution in [-0.4, -0.2) is 19.8 Å². The Morgan fingerprint density at radius 3 is 2.81 bits per heavy atom. The Kier molecular flexibility index (Phi) is 5.81. The molecular formula is C13H20ClNO. The van der Waals surface area contributed by atoms with Crippen molar-refractivity contribution in [2.45, 2.75) is 25.8 Å². The van der Waals surface area contributed by atoms with Crippen LogP contribution in [0.4, 0.5) is 0 Å². The second kappa shape index (κ2) is 6.89. The summed E-state index contributed by atoms with van der Waals surface area (Å²) in [6.07, 6.45) is 1.86. The van der Waals surface area contributed by atoms with E-state index in [2.05, 4.69) is 13.0 Å². The van der Waals surface area contributed by atoms with Gasteiger partial charge >= 0.3 is 0 Å². The molecule has 16 heavy (non-hydrogen) atoms. The van der Waals surface area contributed by atoms with E-state index in [0.717, 1.165) is 24.5 Å². The van der Waals surface area contributed by atoms with Gasteiger partial charge in [-0.15, -0.1) is 0 Å². The van der Waals surface area contributed by atoms with Gasteiger partial charge in [-0.05, 0) is 36.5 Å². The van der Waals surface area contributed by atoms with Crippen molar-refractivity contribution in [2.24, 2.45) is 11.7 Å². The molecule has 3 heteroatoms. The summed E-state index contributed by atoms with van der Waals surface area (Å²) >= 11 is 5.93. The number of rotatable bonds is 6. The maximum absolute atomic E-state index is 6.14. The van der Waals surface area contributed by atoms with E-state index in [0.29, 0.717) is 5.92 Å². The summed E-state index contributed by atoms with van der Waals surface area (Å²) in [5.74, 6) is 0.457. The molecule has 2 atom stereocenters.